The summed E-state index contributed by atoms with van der Waals surface area (Å²) in [6.07, 6.45) is 0.751. The topological polar surface area (TPSA) is 78.2 Å². The monoisotopic (exact) mass is 728 g/mol. The Bertz CT molecular complexity index is 2000. The van der Waals surface area contributed by atoms with Crippen LogP contribution in [0.4, 0.5) is 15.8 Å². The number of fused-ring (bicyclic) bond motifs is 1. The van der Waals surface area contributed by atoms with E-state index in [2.05, 4.69) is 23.1 Å². The minimum atomic E-state index is -0.424. The van der Waals surface area contributed by atoms with Crippen molar-refractivity contribution in [3.8, 4) is 17.0 Å². The Labute approximate surface area is 308 Å². The van der Waals surface area contributed by atoms with Gasteiger partial charge in [0.05, 0.1) is 18.8 Å². The van der Waals surface area contributed by atoms with Crippen LogP contribution in [-0.2, 0) is 24.8 Å². The van der Waals surface area contributed by atoms with Crippen LogP contribution in [0.5, 0.6) is 5.75 Å². The van der Waals surface area contributed by atoms with E-state index in [0.29, 0.717) is 64.2 Å². The third-order valence-corrected chi connectivity index (χ3v) is 10.1. The average Bonchev–Trinajstić information content (AvgIpc) is 3.43. The summed E-state index contributed by atoms with van der Waals surface area (Å²) in [5.74, 6) is -0.823. The lowest BCUT2D eigenvalue weighted by molar-refractivity contribution is 0.0193. The van der Waals surface area contributed by atoms with Crippen molar-refractivity contribution >= 4 is 47.2 Å². The molecule has 2 amide bonds. The van der Waals surface area contributed by atoms with Gasteiger partial charge in [-0.05, 0) is 97.3 Å². The van der Waals surface area contributed by atoms with Crippen LogP contribution >= 0.6 is 24.0 Å². The van der Waals surface area contributed by atoms with Crippen molar-refractivity contribution in [2.75, 3.05) is 37.7 Å². The maximum absolute atomic E-state index is 14.7. The fourth-order valence-corrected chi connectivity index (χ4v) is 7.18. The van der Waals surface area contributed by atoms with Gasteiger partial charge in [-0.15, -0.1) is 12.4 Å². The number of carbonyl (C=O) groups is 2. The van der Waals surface area contributed by atoms with E-state index >= 15 is 0 Å². The molecule has 3 heterocycles. The highest BCUT2D eigenvalue weighted by Gasteiger charge is 2.34. The van der Waals surface area contributed by atoms with Gasteiger partial charge in [0, 0.05) is 78.2 Å². The number of nitrogens with zero attached hydrogens (tertiary/aromatic N) is 4. The molecular formula is C40H39Cl2FN4O4. The number of anilines is 2. The lowest BCUT2D eigenvalue weighted by atomic mass is 9.92. The van der Waals surface area contributed by atoms with E-state index < -0.39 is 5.82 Å². The van der Waals surface area contributed by atoms with Gasteiger partial charge < -0.3 is 19.3 Å². The van der Waals surface area contributed by atoms with Crippen molar-refractivity contribution < 1.29 is 23.8 Å². The number of amides is 2. The summed E-state index contributed by atoms with van der Waals surface area (Å²) in [6.45, 7) is 6.08. The zero-order valence-corrected chi connectivity index (χ0v) is 30.0. The van der Waals surface area contributed by atoms with Gasteiger partial charge in [0.1, 0.15) is 11.6 Å². The van der Waals surface area contributed by atoms with Crippen LogP contribution in [-0.4, -0.2) is 70.2 Å². The van der Waals surface area contributed by atoms with Crippen LogP contribution in [0.2, 0.25) is 5.02 Å². The Morgan fingerprint density at radius 2 is 1.55 bits per heavy atom. The molecule has 0 saturated carbocycles. The number of ether oxygens (including phenoxy) is 1. The van der Waals surface area contributed by atoms with Crippen LogP contribution < -0.4 is 4.90 Å². The predicted molar refractivity (Wildman–Crippen MR) is 200 cm³/mol. The van der Waals surface area contributed by atoms with Crippen molar-refractivity contribution in [3.05, 3.63) is 136 Å². The number of hydrogen-bond acceptors (Lipinski definition) is 5. The van der Waals surface area contributed by atoms with E-state index in [9.17, 15) is 19.1 Å². The Kier molecular flexibility index (Phi) is 10.8. The minimum Gasteiger partial charge on any atom is -0.508 e. The minimum absolute atomic E-state index is 0. The van der Waals surface area contributed by atoms with Gasteiger partial charge in [0.15, 0.2) is 0 Å². The van der Waals surface area contributed by atoms with Crippen LogP contribution in [0, 0.1) is 12.7 Å². The highest BCUT2D eigenvalue weighted by molar-refractivity contribution is 6.31. The van der Waals surface area contributed by atoms with E-state index in [4.69, 9.17) is 16.3 Å². The van der Waals surface area contributed by atoms with Gasteiger partial charge in [-0.2, -0.15) is 0 Å². The van der Waals surface area contributed by atoms with Crippen molar-refractivity contribution in [2.45, 2.75) is 25.9 Å². The first-order valence-corrected chi connectivity index (χ1v) is 17.1. The van der Waals surface area contributed by atoms with Crippen molar-refractivity contribution in [1.29, 1.82) is 0 Å². The first-order valence-electron chi connectivity index (χ1n) is 16.7. The molecule has 8 nitrogen and oxygen atoms in total. The fraction of sp³-hybridized carbons (Fsp3) is 0.250. The number of phenols is 1. The molecule has 2 aliphatic rings. The molecule has 1 aromatic heterocycles. The second-order valence-corrected chi connectivity index (χ2v) is 13.3. The number of aromatic nitrogens is 1. The second-order valence-electron chi connectivity index (χ2n) is 12.9. The lowest BCUT2D eigenvalue weighted by Crippen LogP contribution is -2.52. The molecule has 51 heavy (non-hydrogen) atoms. The van der Waals surface area contributed by atoms with E-state index in [1.54, 1.807) is 36.4 Å². The molecule has 1 fully saturated rings. The average molecular weight is 730 g/mol. The normalized spacial score (nSPS) is 15.9. The van der Waals surface area contributed by atoms with Crippen LogP contribution in [0.3, 0.4) is 0 Å². The summed E-state index contributed by atoms with van der Waals surface area (Å²) in [6, 6.07) is 27.3. The number of carbonyl (C=O) groups excluding carboxylic acids is 2. The lowest BCUT2D eigenvalue weighted by Gasteiger charge is -2.40. The molecule has 1 N–H and O–H groups in total. The zero-order chi connectivity index (χ0) is 34.9. The highest BCUT2D eigenvalue weighted by Crippen LogP contribution is 2.36. The zero-order valence-electron chi connectivity index (χ0n) is 28.4. The number of rotatable bonds is 7. The largest absolute Gasteiger partial charge is 0.508 e. The maximum Gasteiger partial charge on any atom is 0.264 e. The van der Waals surface area contributed by atoms with Crippen molar-refractivity contribution in [2.24, 2.45) is 7.05 Å². The fourth-order valence-electron chi connectivity index (χ4n) is 7.01. The van der Waals surface area contributed by atoms with Gasteiger partial charge >= 0.3 is 0 Å². The molecule has 0 radical (unpaired) electrons. The van der Waals surface area contributed by atoms with E-state index in [1.165, 1.54) is 46.9 Å². The Morgan fingerprint density at radius 3 is 2.24 bits per heavy atom. The SMILES string of the molecule is Cc1c(C(=O)N(c2ccc(O)cc2)c2ccc(F)cc2)cc(-c2cc(Cl)ccc2C(=O)N2Cc3ccccc3C[C@H]2CN2CCOCC2)n1C.Cl. The number of phenolic OH excluding ortho intramolecular Hbond substituents is 1. The summed E-state index contributed by atoms with van der Waals surface area (Å²) in [7, 11) is 1.86. The van der Waals surface area contributed by atoms with Gasteiger partial charge in [-0.25, -0.2) is 4.39 Å². The second kappa shape index (κ2) is 15.3. The third kappa shape index (κ3) is 7.39. The Morgan fingerprint density at radius 1 is 0.902 bits per heavy atom. The molecule has 7 rings (SSSR count). The molecule has 4 aromatic carbocycles. The maximum atomic E-state index is 14.7. The van der Waals surface area contributed by atoms with Gasteiger partial charge in [-0.3, -0.25) is 19.4 Å². The third-order valence-electron chi connectivity index (χ3n) is 9.84. The molecular weight excluding hydrogens is 690 g/mol. The molecule has 1 saturated heterocycles. The van der Waals surface area contributed by atoms with Gasteiger partial charge in [0.2, 0.25) is 0 Å². The summed E-state index contributed by atoms with van der Waals surface area (Å²) in [5, 5.41) is 10.4. The van der Waals surface area contributed by atoms with Crippen molar-refractivity contribution in [3.63, 3.8) is 0 Å². The summed E-state index contributed by atoms with van der Waals surface area (Å²) >= 11 is 6.60. The van der Waals surface area contributed by atoms with E-state index in [1.807, 2.05) is 29.5 Å². The van der Waals surface area contributed by atoms with Gasteiger partial charge in [-0.1, -0.05) is 35.9 Å². The molecule has 264 valence electrons. The molecule has 0 aliphatic carbocycles. The predicted octanol–water partition coefficient (Wildman–Crippen LogP) is 7.80. The van der Waals surface area contributed by atoms with Crippen LogP contribution in [0.15, 0.2) is 97.1 Å². The Hall–Kier alpha value is -4.67. The van der Waals surface area contributed by atoms with Crippen LogP contribution in [0.25, 0.3) is 11.3 Å². The number of morpholine rings is 1. The summed E-state index contributed by atoms with van der Waals surface area (Å²) in [5.41, 5.74) is 6.19. The molecule has 0 unspecified atom stereocenters. The standard InChI is InChI=1S/C40H38ClFN4O4.ClH/c1-26-36(40(49)46(31-10-8-30(42)9-11-31)32-12-14-34(47)15-13-32)23-38(43(26)2)37-22-29(41)7-16-35(37)39(48)45-24-28-6-4-3-5-27(28)21-33(45)25-44-17-19-50-20-18-44;/h3-16,22-23,33,47H,17-21,24-25H2,1-2H3;1H/t33-;/m0./s1. The molecule has 0 bridgehead atoms. The number of hydrogen-bond donors (Lipinski definition) is 1. The first kappa shape index (κ1) is 36.1. The smallest absolute Gasteiger partial charge is 0.264 e. The van der Waals surface area contributed by atoms with Crippen molar-refractivity contribution in [1.82, 2.24) is 14.4 Å². The van der Waals surface area contributed by atoms with Gasteiger partial charge in [0.25, 0.3) is 11.8 Å². The Balaban J connectivity index is 0.00000448. The first-order chi connectivity index (χ1) is 24.2. The van der Waals surface area contributed by atoms with E-state index in [-0.39, 0.29) is 36.0 Å². The number of halogens is 3. The molecule has 5 aromatic rings. The van der Waals surface area contributed by atoms with E-state index in [0.717, 1.165) is 31.6 Å². The summed E-state index contributed by atoms with van der Waals surface area (Å²) < 4.78 is 21.4. The molecule has 2 aliphatic heterocycles. The molecule has 1 atom stereocenters. The molecule has 0 spiro atoms. The quantitative estimate of drug-likeness (QED) is 0.185. The number of aromatic hydroxyl groups is 1. The number of benzene rings is 4. The highest BCUT2D eigenvalue weighted by atomic mass is 35.5. The molecule has 11 heteroatoms. The summed E-state index contributed by atoms with van der Waals surface area (Å²) in [4.78, 5) is 35.0. The van der Waals surface area contributed by atoms with Crippen LogP contribution in [0.1, 0.15) is 37.5 Å².